The van der Waals surface area contributed by atoms with Gasteiger partial charge in [0.25, 0.3) is 0 Å². The van der Waals surface area contributed by atoms with Crippen LogP contribution in [0.2, 0.25) is 0 Å². The second-order valence-electron chi connectivity index (χ2n) is 5.80. The lowest BCUT2D eigenvalue weighted by molar-refractivity contribution is 0.0531. The van der Waals surface area contributed by atoms with Gasteiger partial charge in [-0.1, -0.05) is 25.2 Å². The van der Waals surface area contributed by atoms with Crippen molar-refractivity contribution in [2.24, 2.45) is 11.0 Å². The van der Waals surface area contributed by atoms with Crippen molar-refractivity contribution in [3.63, 3.8) is 0 Å². The molecule has 0 spiro atoms. The van der Waals surface area contributed by atoms with Crippen molar-refractivity contribution in [2.75, 3.05) is 18.6 Å². The molecular weight excluding hydrogens is 338 g/mol. The molecule has 0 bridgehead atoms. The van der Waals surface area contributed by atoms with E-state index in [1.807, 2.05) is 24.3 Å². The van der Waals surface area contributed by atoms with Crippen LogP contribution < -0.4 is 10.2 Å². The number of esters is 1. The molecule has 1 heterocycles. The van der Waals surface area contributed by atoms with Crippen molar-refractivity contribution in [3.05, 3.63) is 40.4 Å². The highest BCUT2D eigenvalue weighted by Crippen LogP contribution is 2.23. The van der Waals surface area contributed by atoms with E-state index in [0.717, 1.165) is 11.3 Å². The number of hydrogen-bond acceptors (Lipinski definition) is 7. The van der Waals surface area contributed by atoms with E-state index in [2.05, 4.69) is 29.4 Å². The van der Waals surface area contributed by atoms with Crippen LogP contribution in [0, 0.1) is 12.8 Å². The lowest BCUT2D eigenvalue weighted by Crippen LogP contribution is -2.04. The average Bonchev–Trinajstić information content (AvgIpc) is 2.95. The highest BCUT2D eigenvalue weighted by Gasteiger charge is 2.15. The summed E-state index contributed by atoms with van der Waals surface area (Å²) in [5, 5.41) is 4.71. The summed E-state index contributed by atoms with van der Waals surface area (Å²) in [6.07, 6.45) is 1.69. The molecule has 0 radical (unpaired) electrons. The molecule has 2 aromatic rings. The third-order valence-electron chi connectivity index (χ3n) is 3.09. The first kappa shape index (κ1) is 18.9. The quantitative estimate of drug-likeness (QED) is 0.435. The molecule has 7 heteroatoms. The molecule has 0 saturated carbocycles. The van der Waals surface area contributed by atoms with Gasteiger partial charge in [0.2, 0.25) is 5.13 Å². The molecule has 0 saturated heterocycles. The smallest absolute Gasteiger partial charge is 0.350 e. The summed E-state index contributed by atoms with van der Waals surface area (Å²) < 4.78 is 10.6. The van der Waals surface area contributed by atoms with E-state index in [1.54, 1.807) is 20.1 Å². The summed E-state index contributed by atoms with van der Waals surface area (Å²) in [5.41, 5.74) is 4.41. The number of nitrogens with one attached hydrogen (secondary N) is 1. The van der Waals surface area contributed by atoms with Crippen LogP contribution in [0.4, 0.5) is 5.13 Å². The maximum Gasteiger partial charge on any atom is 0.350 e. The molecule has 2 rings (SSSR count). The zero-order chi connectivity index (χ0) is 18.2. The van der Waals surface area contributed by atoms with E-state index in [-0.39, 0.29) is 5.97 Å². The van der Waals surface area contributed by atoms with Crippen molar-refractivity contribution in [3.8, 4) is 5.75 Å². The van der Waals surface area contributed by atoms with Gasteiger partial charge < -0.3 is 9.47 Å². The monoisotopic (exact) mass is 361 g/mol. The van der Waals surface area contributed by atoms with Crippen LogP contribution >= 0.6 is 11.3 Å². The van der Waals surface area contributed by atoms with Crippen LogP contribution in [0.1, 0.15) is 41.7 Å². The molecule has 6 nitrogen and oxygen atoms in total. The molecule has 0 aliphatic rings. The second kappa shape index (κ2) is 9.17. The molecule has 1 aromatic heterocycles. The van der Waals surface area contributed by atoms with Crippen molar-refractivity contribution >= 4 is 28.7 Å². The average molecular weight is 361 g/mol. The van der Waals surface area contributed by atoms with Gasteiger partial charge in [-0.2, -0.15) is 5.10 Å². The Morgan fingerprint density at radius 2 is 2.08 bits per heavy atom. The largest absolute Gasteiger partial charge is 0.493 e. The third kappa shape index (κ3) is 5.86. The fourth-order valence-corrected chi connectivity index (χ4v) is 2.72. The zero-order valence-corrected chi connectivity index (χ0v) is 15.7. The molecule has 0 aliphatic carbocycles. The minimum atomic E-state index is -0.355. The van der Waals surface area contributed by atoms with E-state index in [9.17, 15) is 4.79 Å². The number of ether oxygens (including phenoxy) is 2. The minimum Gasteiger partial charge on any atom is -0.493 e. The number of carbonyl (C=O) groups excluding carboxylic acids is 1. The SMILES string of the molecule is CCOC(=O)c1sc(N/N=C\c2ccc(OCC(C)C)cc2)nc1C. The van der Waals surface area contributed by atoms with Gasteiger partial charge in [-0.05, 0) is 49.6 Å². The maximum absolute atomic E-state index is 11.8. The Hall–Kier alpha value is -2.41. The molecule has 134 valence electrons. The van der Waals surface area contributed by atoms with Gasteiger partial charge >= 0.3 is 5.97 Å². The van der Waals surface area contributed by atoms with Crippen molar-refractivity contribution in [2.45, 2.75) is 27.7 Å². The van der Waals surface area contributed by atoms with Gasteiger partial charge in [0.05, 0.1) is 25.1 Å². The van der Waals surface area contributed by atoms with Crippen molar-refractivity contribution in [1.29, 1.82) is 0 Å². The Kier molecular flexibility index (Phi) is 6.94. The Balaban J connectivity index is 1.92. The Morgan fingerprint density at radius 3 is 2.72 bits per heavy atom. The lowest BCUT2D eigenvalue weighted by Gasteiger charge is -2.08. The fourth-order valence-electron chi connectivity index (χ4n) is 1.91. The zero-order valence-electron chi connectivity index (χ0n) is 14.9. The summed E-state index contributed by atoms with van der Waals surface area (Å²) in [5.74, 6) is 0.978. The molecule has 1 N–H and O–H groups in total. The molecule has 0 amide bonds. The van der Waals surface area contributed by atoms with E-state index in [1.165, 1.54) is 11.3 Å². The van der Waals surface area contributed by atoms with Crippen LogP contribution in [0.3, 0.4) is 0 Å². The number of carbonyl (C=O) groups is 1. The molecule has 25 heavy (non-hydrogen) atoms. The first-order chi connectivity index (χ1) is 12.0. The number of benzene rings is 1. The molecular formula is C18H23N3O3S. The van der Waals surface area contributed by atoms with Crippen LogP contribution in [0.15, 0.2) is 29.4 Å². The number of anilines is 1. The highest BCUT2D eigenvalue weighted by molar-refractivity contribution is 7.17. The third-order valence-corrected chi connectivity index (χ3v) is 4.14. The Labute approximate surface area is 151 Å². The summed E-state index contributed by atoms with van der Waals surface area (Å²) in [4.78, 5) is 16.5. The number of aryl methyl sites for hydroxylation is 1. The first-order valence-electron chi connectivity index (χ1n) is 8.16. The number of aromatic nitrogens is 1. The Bertz CT molecular complexity index is 724. The van der Waals surface area contributed by atoms with E-state index in [4.69, 9.17) is 9.47 Å². The first-order valence-corrected chi connectivity index (χ1v) is 8.97. The summed E-state index contributed by atoms with van der Waals surface area (Å²) in [7, 11) is 0. The summed E-state index contributed by atoms with van der Waals surface area (Å²) in [6, 6.07) is 7.68. The molecule has 0 fully saturated rings. The number of hydrogen-bond donors (Lipinski definition) is 1. The summed E-state index contributed by atoms with van der Waals surface area (Å²) in [6.45, 7) is 8.81. The number of hydrazone groups is 1. The van der Waals surface area contributed by atoms with Gasteiger partial charge in [-0.3, -0.25) is 5.43 Å². The second-order valence-corrected chi connectivity index (χ2v) is 6.80. The standard InChI is InChI=1S/C18H23N3O3S/c1-5-23-17(22)16-13(4)20-18(25-16)21-19-10-14-6-8-15(9-7-14)24-11-12(2)3/h6-10,12H,5,11H2,1-4H3,(H,20,21)/b19-10-. The number of nitrogens with zero attached hydrogens (tertiary/aromatic N) is 2. The van der Waals surface area contributed by atoms with Crippen LogP contribution in [-0.4, -0.2) is 30.4 Å². The van der Waals surface area contributed by atoms with Gasteiger partial charge in [0, 0.05) is 0 Å². The number of thiazole rings is 1. The predicted molar refractivity (Wildman–Crippen MR) is 101 cm³/mol. The van der Waals surface area contributed by atoms with Crippen molar-refractivity contribution in [1.82, 2.24) is 4.98 Å². The van der Waals surface area contributed by atoms with E-state index < -0.39 is 0 Å². The lowest BCUT2D eigenvalue weighted by atomic mass is 10.2. The molecule has 1 aromatic carbocycles. The fraction of sp³-hybridized carbons (Fsp3) is 0.389. The Morgan fingerprint density at radius 1 is 1.36 bits per heavy atom. The topological polar surface area (TPSA) is 72.8 Å². The molecule has 0 unspecified atom stereocenters. The maximum atomic E-state index is 11.8. The van der Waals surface area contributed by atoms with E-state index >= 15 is 0 Å². The van der Waals surface area contributed by atoms with E-state index in [0.29, 0.717) is 34.8 Å². The van der Waals surface area contributed by atoms with Crippen LogP contribution in [0.25, 0.3) is 0 Å². The molecule has 0 atom stereocenters. The summed E-state index contributed by atoms with van der Waals surface area (Å²) >= 11 is 1.22. The van der Waals surface area contributed by atoms with Gasteiger partial charge in [0.1, 0.15) is 10.6 Å². The van der Waals surface area contributed by atoms with Crippen LogP contribution in [-0.2, 0) is 4.74 Å². The van der Waals surface area contributed by atoms with Crippen LogP contribution in [0.5, 0.6) is 5.75 Å². The predicted octanol–water partition coefficient (Wildman–Crippen LogP) is 4.11. The van der Waals surface area contributed by atoms with Gasteiger partial charge in [-0.25, -0.2) is 9.78 Å². The van der Waals surface area contributed by atoms with Crippen molar-refractivity contribution < 1.29 is 14.3 Å². The highest BCUT2D eigenvalue weighted by atomic mass is 32.1. The molecule has 0 aliphatic heterocycles. The van der Waals surface area contributed by atoms with Gasteiger partial charge in [-0.15, -0.1) is 0 Å². The number of rotatable bonds is 8. The normalized spacial score (nSPS) is 11.1. The van der Waals surface area contributed by atoms with Gasteiger partial charge in [0.15, 0.2) is 0 Å². The minimum absolute atomic E-state index is 0.341.